The van der Waals surface area contributed by atoms with E-state index in [1.54, 1.807) is 29.3 Å². The van der Waals surface area contributed by atoms with Crippen LogP contribution in [-0.2, 0) is 9.59 Å². The summed E-state index contributed by atoms with van der Waals surface area (Å²) in [6.45, 7) is 0.241. The van der Waals surface area contributed by atoms with Crippen LogP contribution in [0.2, 0.25) is 0 Å². The number of amides is 2. The van der Waals surface area contributed by atoms with Crippen LogP contribution in [0.15, 0.2) is 41.3 Å². The molecule has 0 saturated carbocycles. The van der Waals surface area contributed by atoms with E-state index in [1.165, 1.54) is 6.33 Å². The first-order chi connectivity index (χ1) is 11.1. The van der Waals surface area contributed by atoms with Gasteiger partial charge in [0.2, 0.25) is 5.91 Å². The van der Waals surface area contributed by atoms with Gasteiger partial charge in [-0.25, -0.2) is 9.97 Å². The Morgan fingerprint density at radius 3 is 3.04 bits per heavy atom. The zero-order chi connectivity index (χ0) is 16.2. The molecular weight excluding hydrogens is 364 g/mol. The van der Waals surface area contributed by atoms with E-state index in [4.69, 9.17) is 4.74 Å². The van der Waals surface area contributed by atoms with Gasteiger partial charge < -0.3 is 15.0 Å². The molecule has 0 bridgehead atoms. The van der Waals surface area contributed by atoms with Crippen LogP contribution in [0.1, 0.15) is 6.42 Å². The summed E-state index contributed by atoms with van der Waals surface area (Å²) in [6.07, 6.45) is 3.06. The second-order valence-corrected chi connectivity index (χ2v) is 5.75. The van der Waals surface area contributed by atoms with Gasteiger partial charge in [-0.15, -0.1) is 0 Å². The van der Waals surface area contributed by atoms with Crippen LogP contribution in [0.3, 0.4) is 0 Å². The highest BCUT2D eigenvalue weighted by Gasteiger charge is 2.25. The van der Waals surface area contributed by atoms with Crippen molar-refractivity contribution in [3.63, 3.8) is 0 Å². The van der Waals surface area contributed by atoms with Crippen molar-refractivity contribution in [3.05, 3.63) is 41.3 Å². The van der Waals surface area contributed by atoms with Crippen molar-refractivity contribution in [3.8, 4) is 5.75 Å². The molecule has 2 aromatic rings. The quantitative estimate of drug-likeness (QED) is 0.881. The Kier molecular flexibility index (Phi) is 4.52. The van der Waals surface area contributed by atoms with Gasteiger partial charge in [-0.1, -0.05) is 15.9 Å². The summed E-state index contributed by atoms with van der Waals surface area (Å²) < 4.78 is 6.28. The van der Waals surface area contributed by atoms with Gasteiger partial charge in [-0.05, 0) is 24.3 Å². The highest BCUT2D eigenvalue weighted by atomic mass is 79.9. The van der Waals surface area contributed by atoms with Crippen molar-refractivity contribution in [2.45, 2.75) is 6.42 Å². The number of hydrogen-bond donors (Lipinski definition) is 1. The van der Waals surface area contributed by atoms with E-state index < -0.39 is 0 Å². The lowest BCUT2D eigenvalue weighted by Crippen LogP contribution is -2.40. The zero-order valence-electron chi connectivity index (χ0n) is 12.0. The van der Waals surface area contributed by atoms with Crippen LogP contribution >= 0.6 is 15.9 Å². The van der Waals surface area contributed by atoms with Crippen molar-refractivity contribution in [1.29, 1.82) is 0 Å². The molecule has 2 amide bonds. The fourth-order valence-electron chi connectivity index (χ4n) is 2.21. The first-order valence-electron chi connectivity index (χ1n) is 6.92. The van der Waals surface area contributed by atoms with E-state index in [9.17, 15) is 9.59 Å². The Labute approximate surface area is 140 Å². The molecule has 1 aliphatic rings. The van der Waals surface area contributed by atoms with E-state index in [2.05, 4.69) is 31.2 Å². The molecule has 0 atom stereocenters. The molecule has 23 heavy (non-hydrogen) atoms. The van der Waals surface area contributed by atoms with Crippen LogP contribution in [-0.4, -0.2) is 34.9 Å². The van der Waals surface area contributed by atoms with E-state index in [0.717, 1.165) is 4.47 Å². The minimum absolute atomic E-state index is 0.0308. The maximum absolute atomic E-state index is 12.0. The Hall–Kier alpha value is -2.48. The number of rotatable bonds is 4. The average molecular weight is 377 g/mol. The largest absolute Gasteiger partial charge is 0.482 e. The van der Waals surface area contributed by atoms with Gasteiger partial charge in [0.25, 0.3) is 5.91 Å². The fraction of sp³-hybridized carbons (Fsp3) is 0.200. The molecular formula is C15H13BrN4O3. The molecule has 0 saturated heterocycles. The smallest absolute Gasteiger partial charge is 0.265 e. The SMILES string of the molecule is O=C(CCN1C(=O)COc2cc(Br)ccc21)Nc1ccncn1. The van der Waals surface area contributed by atoms with Crippen LogP contribution in [0.25, 0.3) is 0 Å². The van der Waals surface area contributed by atoms with Crippen molar-refractivity contribution < 1.29 is 14.3 Å². The standard InChI is InChI=1S/C15H13BrN4O3/c16-10-1-2-11-12(7-10)23-8-15(22)20(11)6-4-14(21)19-13-3-5-17-9-18-13/h1-3,5,7,9H,4,6,8H2,(H,17,18,19,21). The second kappa shape index (κ2) is 6.74. The first-order valence-corrected chi connectivity index (χ1v) is 7.71. The molecule has 8 heteroatoms. The third-order valence-electron chi connectivity index (χ3n) is 3.28. The number of carbonyl (C=O) groups is 2. The molecule has 1 aromatic carbocycles. The van der Waals surface area contributed by atoms with Crippen molar-refractivity contribution >= 4 is 39.2 Å². The zero-order valence-corrected chi connectivity index (χ0v) is 13.6. The summed E-state index contributed by atoms with van der Waals surface area (Å²) in [5, 5.41) is 2.66. The Morgan fingerprint density at radius 2 is 2.26 bits per heavy atom. The van der Waals surface area contributed by atoms with Gasteiger partial charge >= 0.3 is 0 Å². The van der Waals surface area contributed by atoms with Gasteiger partial charge in [0.15, 0.2) is 6.61 Å². The molecule has 1 aliphatic heterocycles. The van der Waals surface area contributed by atoms with E-state index in [0.29, 0.717) is 17.3 Å². The molecule has 2 heterocycles. The summed E-state index contributed by atoms with van der Waals surface area (Å²) in [5.41, 5.74) is 0.666. The number of halogens is 1. The number of nitrogens with one attached hydrogen (secondary N) is 1. The third-order valence-corrected chi connectivity index (χ3v) is 3.77. The predicted octanol–water partition coefficient (Wildman–Crippen LogP) is 1.99. The Balaban J connectivity index is 1.66. The van der Waals surface area contributed by atoms with Crippen molar-refractivity contribution in [1.82, 2.24) is 9.97 Å². The van der Waals surface area contributed by atoms with E-state index in [1.807, 2.05) is 6.07 Å². The number of benzene rings is 1. The second-order valence-electron chi connectivity index (χ2n) is 4.84. The van der Waals surface area contributed by atoms with Gasteiger partial charge in [0, 0.05) is 23.6 Å². The molecule has 3 rings (SSSR count). The van der Waals surface area contributed by atoms with E-state index >= 15 is 0 Å². The fourth-order valence-corrected chi connectivity index (χ4v) is 2.55. The summed E-state index contributed by atoms with van der Waals surface area (Å²) in [6, 6.07) is 7.02. The number of nitrogens with zero attached hydrogens (tertiary/aromatic N) is 3. The lowest BCUT2D eigenvalue weighted by atomic mass is 10.2. The Morgan fingerprint density at radius 1 is 1.39 bits per heavy atom. The van der Waals surface area contributed by atoms with Gasteiger partial charge in [0.05, 0.1) is 5.69 Å². The van der Waals surface area contributed by atoms with Gasteiger partial charge in [-0.3, -0.25) is 9.59 Å². The molecule has 7 nitrogen and oxygen atoms in total. The van der Waals surface area contributed by atoms with Crippen LogP contribution < -0.4 is 15.0 Å². The molecule has 0 radical (unpaired) electrons. The molecule has 0 unspecified atom stereocenters. The van der Waals surface area contributed by atoms with Crippen LogP contribution in [0.4, 0.5) is 11.5 Å². The number of aromatic nitrogens is 2. The van der Waals surface area contributed by atoms with Crippen LogP contribution in [0.5, 0.6) is 5.75 Å². The van der Waals surface area contributed by atoms with Gasteiger partial charge in [-0.2, -0.15) is 0 Å². The molecule has 0 aliphatic carbocycles. The number of anilines is 2. The molecule has 118 valence electrons. The molecule has 1 aromatic heterocycles. The maximum atomic E-state index is 12.0. The lowest BCUT2D eigenvalue weighted by molar-refractivity contribution is -0.121. The highest BCUT2D eigenvalue weighted by molar-refractivity contribution is 9.10. The number of ether oxygens (including phenoxy) is 1. The van der Waals surface area contributed by atoms with Crippen LogP contribution in [0, 0.1) is 0 Å². The highest BCUT2D eigenvalue weighted by Crippen LogP contribution is 2.34. The molecule has 0 spiro atoms. The molecule has 1 N–H and O–H groups in total. The van der Waals surface area contributed by atoms with Gasteiger partial charge in [0.1, 0.15) is 17.9 Å². The first kappa shape index (κ1) is 15.4. The summed E-state index contributed by atoms with van der Waals surface area (Å²) >= 11 is 3.37. The minimum atomic E-state index is -0.221. The van der Waals surface area contributed by atoms with E-state index in [-0.39, 0.29) is 31.4 Å². The van der Waals surface area contributed by atoms with Crippen molar-refractivity contribution in [2.24, 2.45) is 0 Å². The monoisotopic (exact) mass is 376 g/mol. The minimum Gasteiger partial charge on any atom is -0.482 e. The predicted molar refractivity (Wildman–Crippen MR) is 87.3 cm³/mol. The normalized spacial score (nSPS) is 13.3. The summed E-state index contributed by atoms with van der Waals surface area (Å²) in [7, 11) is 0. The maximum Gasteiger partial charge on any atom is 0.265 e. The summed E-state index contributed by atoms with van der Waals surface area (Å²) in [4.78, 5) is 33.3. The number of hydrogen-bond acceptors (Lipinski definition) is 5. The van der Waals surface area contributed by atoms with Crippen molar-refractivity contribution in [2.75, 3.05) is 23.4 Å². The number of fused-ring (bicyclic) bond motifs is 1. The molecule has 0 fully saturated rings. The third kappa shape index (κ3) is 3.65. The topological polar surface area (TPSA) is 84.4 Å². The average Bonchev–Trinajstić information content (AvgIpc) is 2.55. The lowest BCUT2D eigenvalue weighted by Gasteiger charge is -2.29. The summed E-state index contributed by atoms with van der Waals surface area (Å²) in [5.74, 6) is 0.661. The number of carbonyl (C=O) groups excluding carboxylic acids is 2. The Bertz CT molecular complexity index is 739.